The van der Waals surface area contributed by atoms with Crippen LogP contribution in [0.4, 0.5) is 26.3 Å². The molecule has 10 heteroatoms. The van der Waals surface area contributed by atoms with Crippen molar-refractivity contribution in [3.63, 3.8) is 0 Å². The molecular weight excluding hydrogens is 310 g/mol. The van der Waals surface area contributed by atoms with Crippen molar-refractivity contribution in [1.82, 2.24) is 0 Å². The fraction of sp³-hybridized carbons (Fsp3) is 0.455. The Hall–Kier alpha value is -1.52. The first-order valence-corrected chi connectivity index (χ1v) is 5.24. The number of hydrogen-bond donors (Lipinski definition) is 4. The summed E-state index contributed by atoms with van der Waals surface area (Å²) in [6.07, 6.45) is -15.5. The molecule has 1 aromatic carbocycles. The van der Waals surface area contributed by atoms with Gasteiger partial charge in [-0.3, -0.25) is 0 Å². The summed E-state index contributed by atoms with van der Waals surface area (Å²) < 4.78 is 65.9. The van der Waals surface area contributed by atoms with Gasteiger partial charge in [-0.1, -0.05) is 18.2 Å². The molecule has 0 bridgehead atoms. The quantitative estimate of drug-likeness (QED) is 0.594. The van der Waals surface area contributed by atoms with Crippen LogP contribution in [0.5, 0.6) is 5.75 Å². The highest BCUT2D eigenvalue weighted by Crippen LogP contribution is 2.32. The largest absolute Gasteiger partial charge is 0.508 e. The van der Waals surface area contributed by atoms with Crippen LogP contribution in [0.2, 0.25) is 0 Å². The third-order valence-electron chi connectivity index (χ3n) is 1.48. The maximum atomic E-state index is 11.0. The SMILES string of the molecule is OC(C(F)(F)F)C(F)(F)F.OCCO.Oc1ccccc1. The second-order valence-corrected chi connectivity index (χ2v) is 3.27. The number of aromatic hydroxyl groups is 1. The van der Waals surface area contributed by atoms with Gasteiger partial charge >= 0.3 is 12.4 Å². The molecule has 0 aliphatic rings. The number of phenols is 1. The van der Waals surface area contributed by atoms with Crippen LogP contribution in [-0.4, -0.2) is 52.1 Å². The molecule has 21 heavy (non-hydrogen) atoms. The molecule has 0 aromatic heterocycles. The van der Waals surface area contributed by atoms with Gasteiger partial charge in [0.2, 0.25) is 6.10 Å². The summed E-state index contributed by atoms with van der Waals surface area (Å²) in [7, 11) is 0. The topological polar surface area (TPSA) is 80.9 Å². The predicted molar refractivity (Wildman–Crippen MR) is 60.4 cm³/mol. The summed E-state index contributed by atoms with van der Waals surface area (Å²) in [4.78, 5) is 0. The predicted octanol–water partition coefficient (Wildman–Crippen LogP) is 1.84. The van der Waals surface area contributed by atoms with E-state index in [4.69, 9.17) is 20.4 Å². The molecule has 0 aliphatic carbocycles. The first-order valence-electron chi connectivity index (χ1n) is 5.24. The van der Waals surface area contributed by atoms with Gasteiger partial charge in [0.25, 0.3) is 0 Å². The summed E-state index contributed by atoms with van der Waals surface area (Å²) in [5.74, 6) is 0.322. The van der Waals surface area contributed by atoms with Crippen molar-refractivity contribution in [2.45, 2.75) is 18.5 Å². The van der Waals surface area contributed by atoms with Gasteiger partial charge in [-0.25, -0.2) is 0 Å². The lowest BCUT2D eigenvalue weighted by atomic mass is 10.3. The Morgan fingerprint density at radius 2 is 1.14 bits per heavy atom. The Kier molecular flexibility index (Phi) is 10.6. The van der Waals surface area contributed by atoms with Crippen LogP contribution < -0.4 is 0 Å². The molecule has 0 atom stereocenters. The zero-order valence-corrected chi connectivity index (χ0v) is 10.4. The molecule has 0 spiro atoms. The summed E-state index contributed by atoms with van der Waals surface area (Å²) >= 11 is 0. The van der Waals surface area contributed by atoms with Crippen LogP contribution >= 0.6 is 0 Å². The van der Waals surface area contributed by atoms with E-state index >= 15 is 0 Å². The smallest absolute Gasteiger partial charge is 0.423 e. The summed E-state index contributed by atoms with van der Waals surface area (Å²) in [5, 5.41) is 31.4. The third kappa shape index (κ3) is 13.2. The van der Waals surface area contributed by atoms with Crippen molar-refractivity contribution >= 4 is 0 Å². The fourth-order valence-corrected chi connectivity index (χ4v) is 0.614. The van der Waals surface area contributed by atoms with Gasteiger partial charge in [-0.2, -0.15) is 26.3 Å². The van der Waals surface area contributed by atoms with E-state index in [1.165, 1.54) is 0 Å². The van der Waals surface area contributed by atoms with Crippen molar-refractivity contribution in [3.8, 4) is 5.75 Å². The minimum absolute atomic E-state index is 0.125. The summed E-state index contributed by atoms with van der Waals surface area (Å²) in [5.41, 5.74) is 0. The number of aliphatic hydroxyl groups is 3. The molecule has 0 radical (unpaired) electrons. The van der Waals surface area contributed by atoms with Crippen LogP contribution in [0.3, 0.4) is 0 Å². The molecule has 1 aromatic rings. The van der Waals surface area contributed by atoms with Gasteiger partial charge in [-0.05, 0) is 12.1 Å². The highest BCUT2D eigenvalue weighted by atomic mass is 19.4. The Morgan fingerprint density at radius 1 is 0.810 bits per heavy atom. The lowest BCUT2D eigenvalue weighted by molar-refractivity contribution is -0.308. The molecule has 0 aliphatic heterocycles. The second kappa shape index (κ2) is 10.2. The standard InChI is InChI=1S/C6H6O.C3H2F6O.C2H6O2/c7-6-4-2-1-3-5-6;4-2(5,6)1(10)3(7,8)9;3-1-2-4/h1-5,7H;1,10H;3-4H,1-2H2. The third-order valence-corrected chi connectivity index (χ3v) is 1.48. The van der Waals surface area contributed by atoms with Crippen molar-refractivity contribution in [2.75, 3.05) is 13.2 Å². The van der Waals surface area contributed by atoms with Gasteiger partial charge < -0.3 is 20.4 Å². The molecular formula is C11H14F6O4. The fourth-order valence-electron chi connectivity index (χ4n) is 0.614. The van der Waals surface area contributed by atoms with Crippen molar-refractivity contribution in [3.05, 3.63) is 30.3 Å². The number of alkyl halides is 6. The molecule has 0 unspecified atom stereocenters. The molecule has 124 valence electrons. The highest BCUT2D eigenvalue weighted by molar-refractivity contribution is 5.18. The molecule has 4 nitrogen and oxygen atoms in total. The van der Waals surface area contributed by atoms with E-state index in [1.807, 2.05) is 6.07 Å². The van der Waals surface area contributed by atoms with Crippen molar-refractivity contribution < 1.29 is 46.8 Å². The van der Waals surface area contributed by atoms with E-state index in [0.29, 0.717) is 5.75 Å². The van der Waals surface area contributed by atoms with E-state index in [9.17, 15) is 26.3 Å². The Morgan fingerprint density at radius 3 is 1.24 bits per heavy atom. The van der Waals surface area contributed by atoms with Crippen LogP contribution in [0.1, 0.15) is 0 Å². The van der Waals surface area contributed by atoms with Gasteiger partial charge in [0.1, 0.15) is 5.75 Å². The van der Waals surface area contributed by atoms with Crippen LogP contribution in [-0.2, 0) is 0 Å². The van der Waals surface area contributed by atoms with Gasteiger partial charge in [0.15, 0.2) is 0 Å². The second-order valence-electron chi connectivity index (χ2n) is 3.27. The molecule has 0 amide bonds. The highest BCUT2D eigenvalue weighted by Gasteiger charge is 2.55. The number of halogens is 6. The molecule has 1 rings (SSSR count). The number of hydrogen-bond acceptors (Lipinski definition) is 4. The van der Waals surface area contributed by atoms with Crippen LogP contribution in [0.15, 0.2) is 30.3 Å². The van der Waals surface area contributed by atoms with Crippen LogP contribution in [0.25, 0.3) is 0 Å². The van der Waals surface area contributed by atoms with Crippen LogP contribution in [0, 0.1) is 0 Å². The zero-order valence-electron chi connectivity index (χ0n) is 10.4. The number of benzene rings is 1. The van der Waals surface area contributed by atoms with E-state index in [2.05, 4.69) is 0 Å². The number of phenolic OH excluding ortho intramolecular Hbond substituents is 1. The van der Waals surface area contributed by atoms with E-state index < -0.39 is 18.5 Å². The van der Waals surface area contributed by atoms with Crippen molar-refractivity contribution in [2.24, 2.45) is 0 Å². The minimum Gasteiger partial charge on any atom is -0.508 e. The van der Waals surface area contributed by atoms with Gasteiger partial charge in [0, 0.05) is 0 Å². The average molecular weight is 324 g/mol. The van der Waals surface area contributed by atoms with E-state index in [1.54, 1.807) is 24.3 Å². The lowest BCUT2D eigenvalue weighted by Crippen LogP contribution is -2.41. The average Bonchev–Trinajstić information content (AvgIpc) is 2.38. The van der Waals surface area contributed by atoms with E-state index in [0.717, 1.165) is 0 Å². The maximum Gasteiger partial charge on any atom is 0.423 e. The van der Waals surface area contributed by atoms with Gasteiger partial charge in [0.05, 0.1) is 13.2 Å². The first-order chi connectivity index (χ1) is 9.46. The van der Waals surface area contributed by atoms with E-state index in [-0.39, 0.29) is 13.2 Å². The van der Waals surface area contributed by atoms with Gasteiger partial charge in [-0.15, -0.1) is 0 Å². The maximum absolute atomic E-state index is 11.0. The summed E-state index contributed by atoms with van der Waals surface area (Å²) in [6.45, 7) is -0.250. The molecule has 0 saturated carbocycles. The zero-order chi connectivity index (χ0) is 17.1. The number of rotatable bonds is 1. The number of aliphatic hydroxyl groups excluding tert-OH is 3. The molecule has 0 saturated heterocycles. The monoisotopic (exact) mass is 324 g/mol. The molecule has 0 heterocycles. The Balaban J connectivity index is 0. The Labute approximate surface area is 115 Å². The first kappa shape index (κ1) is 21.8. The molecule has 0 fully saturated rings. The molecule has 4 N–H and O–H groups in total. The minimum atomic E-state index is -5.63. The summed E-state index contributed by atoms with van der Waals surface area (Å²) in [6, 6.07) is 8.71. The Bertz CT molecular complexity index is 336. The van der Waals surface area contributed by atoms with Crippen molar-refractivity contribution in [1.29, 1.82) is 0 Å². The number of para-hydroxylation sites is 1. The normalized spacial score (nSPS) is 11.1. The lowest BCUT2D eigenvalue weighted by Gasteiger charge is -2.16.